The van der Waals surface area contributed by atoms with E-state index in [2.05, 4.69) is 59.2 Å². The van der Waals surface area contributed by atoms with Crippen molar-refractivity contribution < 1.29 is 0 Å². The predicted molar refractivity (Wildman–Crippen MR) is 85.1 cm³/mol. The molecule has 0 radical (unpaired) electrons. The van der Waals surface area contributed by atoms with E-state index in [1.807, 2.05) is 11.7 Å². The van der Waals surface area contributed by atoms with Crippen molar-refractivity contribution >= 4 is 22.2 Å². The van der Waals surface area contributed by atoms with E-state index in [9.17, 15) is 0 Å². The van der Waals surface area contributed by atoms with Crippen molar-refractivity contribution in [1.29, 1.82) is 0 Å². The highest BCUT2D eigenvalue weighted by Gasteiger charge is 2.07. The first kappa shape index (κ1) is 13.3. The van der Waals surface area contributed by atoms with Crippen LogP contribution < -0.4 is 5.32 Å². The number of nitrogens with one attached hydrogen (secondary N) is 1. The van der Waals surface area contributed by atoms with E-state index in [1.54, 1.807) is 11.3 Å². The van der Waals surface area contributed by atoms with E-state index in [0.29, 0.717) is 6.04 Å². The van der Waals surface area contributed by atoms with Crippen LogP contribution in [0.5, 0.6) is 0 Å². The van der Waals surface area contributed by atoms with Crippen LogP contribution in [0.1, 0.15) is 24.3 Å². The molecule has 0 fully saturated rings. The molecule has 104 valence electrons. The Bertz CT molecular complexity index is 683. The summed E-state index contributed by atoms with van der Waals surface area (Å²) < 4.78 is 2.29. The van der Waals surface area contributed by atoms with Crippen molar-refractivity contribution in [1.82, 2.24) is 14.9 Å². The van der Waals surface area contributed by atoms with Gasteiger partial charge in [0.1, 0.15) is 0 Å². The zero-order chi connectivity index (χ0) is 13.9. The molecule has 0 saturated carbocycles. The first-order chi connectivity index (χ1) is 9.74. The molecule has 0 bridgehead atoms. The highest BCUT2D eigenvalue weighted by molar-refractivity contribution is 7.09. The summed E-state index contributed by atoms with van der Waals surface area (Å²) in [6.45, 7) is 6.17. The molecule has 0 saturated heterocycles. The highest BCUT2D eigenvalue weighted by Crippen LogP contribution is 2.22. The second kappa shape index (κ2) is 5.77. The van der Waals surface area contributed by atoms with Crippen molar-refractivity contribution in [3.63, 3.8) is 0 Å². The van der Waals surface area contributed by atoms with Crippen LogP contribution in [0.25, 0.3) is 10.9 Å². The van der Waals surface area contributed by atoms with Crippen LogP contribution in [0, 0.1) is 0 Å². The van der Waals surface area contributed by atoms with Crippen molar-refractivity contribution in [3.05, 3.63) is 52.6 Å². The van der Waals surface area contributed by atoms with Crippen molar-refractivity contribution in [2.24, 2.45) is 0 Å². The number of benzene rings is 1. The summed E-state index contributed by atoms with van der Waals surface area (Å²) in [6.07, 6.45) is 4.12. The van der Waals surface area contributed by atoms with E-state index < -0.39 is 0 Å². The molecule has 2 heterocycles. The quantitative estimate of drug-likeness (QED) is 0.775. The maximum Gasteiger partial charge on any atom is 0.0794 e. The van der Waals surface area contributed by atoms with Crippen LogP contribution >= 0.6 is 11.3 Å². The maximum absolute atomic E-state index is 4.14. The molecule has 3 nitrogen and oxygen atoms in total. The summed E-state index contributed by atoms with van der Waals surface area (Å²) in [6, 6.07) is 9.25. The Hall–Kier alpha value is -1.65. The molecule has 0 spiro atoms. The lowest BCUT2D eigenvalue weighted by atomic mass is 10.1. The Kier molecular flexibility index (Phi) is 3.85. The third-order valence-corrected chi connectivity index (χ3v) is 4.18. The van der Waals surface area contributed by atoms with Gasteiger partial charge in [0.2, 0.25) is 0 Å². The predicted octanol–water partition coefficient (Wildman–Crippen LogP) is 3.64. The summed E-state index contributed by atoms with van der Waals surface area (Å²) >= 11 is 1.70. The van der Waals surface area contributed by atoms with Gasteiger partial charge in [0.25, 0.3) is 0 Å². The van der Waals surface area contributed by atoms with E-state index in [0.717, 1.165) is 13.1 Å². The van der Waals surface area contributed by atoms with Crippen LogP contribution in [0.3, 0.4) is 0 Å². The van der Waals surface area contributed by atoms with Crippen LogP contribution in [0.4, 0.5) is 0 Å². The van der Waals surface area contributed by atoms with Gasteiger partial charge >= 0.3 is 0 Å². The van der Waals surface area contributed by atoms with E-state index in [4.69, 9.17) is 0 Å². The molecule has 0 aliphatic carbocycles. The molecule has 0 aliphatic heterocycles. The number of rotatable bonds is 5. The van der Waals surface area contributed by atoms with E-state index in [1.165, 1.54) is 21.3 Å². The summed E-state index contributed by atoms with van der Waals surface area (Å²) in [4.78, 5) is 5.43. The minimum absolute atomic E-state index is 0.504. The van der Waals surface area contributed by atoms with Gasteiger partial charge in [-0.15, -0.1) is 11.3 Å². The Morgan fingerprint density at radius 3 is 2.95 bits per heavy atom. The monoisotopic (exact) mass is 285 g/mol. The topological polar surface area (TPSA) is 29.9 Å². The normalized spacial score (nSPS) is 11.6. The number of nitrogens with zero attached hydrogens (tertiary/aromatic N) is 2. The summed E-state index contributed by atoms with van der Waals surface area (Å²) in [5.41, 5.74) is 4.54. The maximum atomic E-state index is 4.14. The largest absolute Gasteiger partial charge is 0.342 e. The van der Waals surface area contributed by atoms with E-state index in [-0.39, 0.29) is 0 Å². The van der Waals surface area contributed by atoms with Crippen molar-refractivity contribution in [2.75, 3.05) is 0 Å². The third-order valence-electron chi connectivity index (χ3n) is 3.41. The smallest absolute Gasteiger partial charge is 0.0794 e. The summed E-state index contributed by atoms with van der Waals surface area (Å²) in [5.74, 6) is 0. The fourth-order valence-electron chi connectivity index (χ4n) is 2.38. The average Bonchev–Trinajstić information content (AvgIpc) is 3.07. The molecule has 3 rings (SSSR count). The Morgan fingerprint density at radius 2 is 2.20 bits per heavy atom. The van der Waals surface area contributed by atoms with Gasteiger partial charge in [0.05, 0.1) is 12.1 Å². The first-order valence-electron chi connectivity index (χ1n) is 6.91. The molecule has 0 amide bonds. The molecule has 1 N–H and O–H groups in total. The minimum Gasteiger partial charge on any atom is -0.342 e. The van der Waals surface area contributed by atoms with E-state index >= 15 is 0 Å². The molecular weight excluding hydrogens is 266 g/mol. The highest BCUT2D eigenvalue weighted by atomic mass is 32.1. The SMILES string of the molecule is CC(C)NCc1cccc2c1ccn2Cc1cncs1. The zero-order valence-electron chi connectivity index (χ0n) is 11.8. The standard InChI is InChI=1S/C16H19N3S/c1-12(2)18-8-13-4-3-5-16-15(13)6-7-19(16)10-14-9-17-11-20-14/h3-7,9,11-12,18H,8,10H2,1-2H3. The first-order valence-corrected chi connectivity index (χ1v) is 7.79. The number of hydrogen-bond donors (Lipinski definition) is 1. The van der Waals surface area contributed by atoms with Gasteiger partial charge in [-0.25, -0.2) is 0 Å². The fraction of sp³-hybridized carbons (Fsp3) is 0.312. The number of fused-ring (bicyclic) bond motifs is 1. The number of hydrogen-bond acceptors (Lipinski definition) is 3. The zero-order valence-corrected chi connectivity index (χ0v) is 12.7. The molecule has 0 atom stereocenters. The molecule has 1 aromatic carbocycles. The van der Waals surface area contributed by atoms with Crippen LogP contribution in [-0.4, -0.2) is 15.6 Å². The average molecular weight is 285 g/mol. The molecular formula is C16H19N3S. The second-order valence-corrected chi connectivity index (χ2v) is 6.27. The van der Waals surface area contributed by atoms with Crippen LogP contribution in [0.2, 0.25) is 0 Å². The third kappa shape index (κ3) is 2.76. The Morgan fingerprint density at radius 1 is 1.30 bits per heavy atom. The van der Waals surface area contributed by atoms with Gasteiger partial charge in [-0.05, 0) is 17.7 Å². The fourth-order valence-corrected chi connectivity index (χ4v) is 2.97. The lowest BCUT2D eigenvalue weighted by Gasteiger charge is -2.10. The molecule has 4 heteroatoms. The van der Waals surface area contributed by atoms with Gasteiger partial charge < -0.3 is 9.88 Å². The number of thiazole rings is 1. The molecule has 3 aromatic rings. The second-order valence-electron chi connectivity index (χ2n) is 5.30. The van der Waals surface area contributed by atoms with Gasteiger partial charge in [-0.3, -0.25) is 4.98 Å². The molecule has 2 aromatic heterocycles. The van der Waals surface area contributed by atoms with Gasteiger partial charge in [-0.1, -0.05) is 26.0 Å². The Labute approximate surface area is 123 Å². The van der Waals surface area contributed by atoms with Crippen LogP contribution in [0.15, 0.2) is 42.2 Å². The van der Waals surface area contributed by atoms with Gasteiger partial charge in [0, 0.05) is 40.8 Å². The lowest BCUT2D eigenvalue weighted by Crippen LogP contribution is -2.21. The van der Waals surface area contributed by atoms with Crippen molar-refractivity contribution in [3.8, 4) is 0 Å². The summed E-state index contributed by atoms with van der Waals surface area (Å²) in [7, 11) is 0. The Balaban J connectivity index is 1.90. The summed E-state index contributed by atoms with van der Waals surface area (Å²) in [5, 5.41) is 4.83. The molecule has 20 heavy (non-hydrogen) atoms. The molecule has 0 unspecified atom stereocenters. The lowest BCUT2D eigenvalue weighted by molar-refractivity contribution is 0.590. The molecule has 0 aliphatic rings. The minimum atomic E-state index is 0.504. The van der Waals surface area contributed by atoms with Crippen molar-refractivity contribution in [2.45, 2.75) is 33.0 Å². The van der Waals surface area contributed by atoms with Gasteiger partial charge in [-0.2, -0.15) is 0 Å². The van der Waals surface area contributed by atoms with Crippen LogP contribution in [-0.2, 0) is 13.1 Å². The number of aromatic nitrogens is 2. The van der Waals surface area contributed by atoms with Gasteiger partial charge in [0.15, 0.2) is 0 Å².